The van der Waals surface area contributed by atoms with Crippen LogP contribution in [0, 0.1) is 6.92 Å². The molecule has 0 unspecified atom stereocenters. The zero-order valence-electron chi connectivity index (χ0n) is 12.3. The van der Waals surface area contributed by atoms with Gasteiger partial charge in [0.1, 0.15) is 12.6 Å². The third kappa shape index (κ3) is 5.00. The number of halogens is 3. The first-order valence-electron chi connectivity index (χ1n) is 7.26. The van der Waals surface area contributed by atoms with E-state index in [-0.39, 0.29) is 12.0 Å². The molecule has 122 valence electrons. The Balaban J connectivity index is 2.00. The molecule has 4 nitrogen and oxygen atoms in total. The summed E-state index contributed by atoms with van der Waals surface area (Å²) in [6.07, 6.45) is 1.51. The molecule has 1 fully saturated rings. The summed E-state index contributed by atoms with van der Waals surface area (Å²) in [5, 5.41) is 4.61. The number of ether oxygens (including phenoxy) is 1. The van der Waals surface area contributed by atoms with Crippen molar-refractivity contribution in [2.45, 2.75) is 35.8 Å². The van der Waals surface area contributed by atoms with Crippen LogP contribution in [0.5, 0.6) is 0 Å². The Hall–Kier alpha value is -0.520. The molecule has 1 saturated heterocycles. The number of rotatable bonds is 5. The Morgan fingerprint density at radius 3 is 2.77 bits per heavy atom. The standard InChI is InChI=1S/C15H19Cl3N2O2/c1-10-5-2-3-7-12(10)13(21)20-14(15(16,17)18)19-9-11-6-4-8-22-11/h2-3,5,7,11,14,19H,4,6,8-9H2,1H3,(H,20,21)/p+1/t11-,14-/m0/s1. The second kappa shape index (κ2) is 7.84. The van der Waals surface area contributed by atoms with Crippen LogP contribution in [0.3, 0.4) is 0 Å². The lowest BCUT2D eigenvalue weighted by Gasteiger charge is -2.24. The van der Waals surface area contributed by atoms with Crippen LogP contribution >= 0.6 is 34.8 Å². The second-order valence-electron chi connectivity index (χ2n) is 5.41. The number of hydrogen-bond acceptors (Lipinski definition) is 2. The number of amides is 1. The minimum absolute atomic E-state index is 0.144. The maximum absolute atomic E-state index is 12.4. The Morgan fingerprint density at radius 1 is 1.45 bits per heavy atom. The van der Waals surface area contributed by atoms with E-state index in [4.69, 9.17) is 39.5 Å². The third-order valence-electron chi connectivity index (χ3n) is 3.69. The van der Waals surface area contributed by atoms with E-state index >= 15 is 0 Å². The molecular weight excluding hydrogens is 347 g/mol. The molecule has 1 aromatic carbocycles. The van der Waals surface area contributed by atoms with Gasteiger partial charge in [0, 0.05) is 12.2 Å². The van der Waals surface area contributed by atoms with Gasteiger partial charge in [-0.15, -0.1) is 0 Å². The maximum atomic E-state index is 12.4. The van der Waals surface area contributed by atoms with Gasteiger partial charge in [-0.3, -0.25) is 10.1 Å². The summed E-state index contributed by atoms with van der Waals surface area (Å²) in [7, 11) is 0. The second-order valence-corrected chi connectivity index (χ2v) is 7.78. The van der Waals surface area contributed by atoms with Gasteiger partial charge in [0.25, 0.3) is 9.70 Å². The summed E-state index contributed by atoms with van der Waals surface area (Å²) in [6.45, 7) is 3.29. The molecule has 7 heteroatoms. The molecule has 1 aromatic rings. The molecule has 2 atom stereocenters. The van der Waals surface area contributed by atoms with E-state index in [9.17, 15) is 4.79 Å². The quantitative estimate of drug-likeness (QED) is 0.620. The highest BCUT2D eigenvalue weighted by Gasteiger charge is 2.38. The zero-order valence-corrected chi connectivity index (χ0v) is 14.6. The molecule has 0 aromatic heterocycles. The van der Waals surface area contributed by atoms with Gasteiger partial charge in [0.2, 0.25) is 6.17 Å². The number of alkyl halides is 3. The van der Waals surface area contributed by atoms with Gasteiger partial charge in [-0.2, -0.15) is 0 Å². The predicted octanol–water partition coefficient (Wildman–Crippen LogP) is 2.16. The zero-order chi connectivity index (χ0) is 16.2. The fourth-order valence-corrected chi connectivity index (χ4v) is 2.87. The van der Waals surface area contributed by atoms with Crippen molar-refractivity contribution in [1.29, 1.82) is 0 Å². The van der Waals surface area contributed by atoms with Crippen molar-refractivity contribution in [2.24, 2.45) is 0 Å². The first-order valence-corrected chi connectivity index (χ1v) is 8.39. The largest absolute Gasteiger partial charge is 0.372 e. The molecule has 3 N–H and O–H groups in total. The van der Waals surface area contributed by atoms with Crippen LogP contribution in [0.25, 0.3) is 0 Å². The van der Waals surface area contributed by atoms with Crippen molar-refractivity contribution < 1.29 is 14.8 Å². The Labute approximate surface area is 145 Å². The Kier molecular flexibility index (Phi) is 6.36. The fraction of sp³-hybridized carbons (Fsp3) is 0.533. The summed E-state index contributed by atoms with van der Waals surface area (Å²) < 4.78 is 3.95. The molecule has 0 radical (unpaired) electrons. The average Bonchev–Trinajstić information content (AvgIpc) is 2.95. The number of nitrogens with two attached hydrogens (primary N) is 1. The molecule has 2 rings (SSSR count). The number of quaternary nitrogens is 1. The SMILES string of the molecule is Cc1ccccc1C(=O)N[C@H]([NH2+]C[C@@H]1CCCO1)C(Cl)(Cl)Cl. The van der Waals surface area contributed by atoms with Crippen molar-refractivity contribution in [2.75, 3.05) is 13.2 Å². The van der Waals surface area contributed by atoms with Gasteiger partial charge in [0.05, 0.1) is 0 Å². The van der Waals surface area contributed by atoms with Crippen molar-refractivity contribution in [3.05, 3.63) is 35.4 Å². The maximum Gasteiger partial charge on any atom is 0.262 e. The van der Waals surface area contributed by atoms with Crippen LogP contribution < -0.4 is 10.6 Å². The van der Waals surface area contributed by atoms with Gasteiger partial charge in [-0.25, -0.2) is 0 Å². The van der Waals surface area contributed by atoms with E-state index in [0.29, 0.717) is 12.1 Å². The van der Waals surface area contributed by atoms with E-state index in [1.807, 2.05) is 30.4 Å². The first-order chi connectivity index (χ1) is 10.4. The fourth-order valence-electron chi connectivity index (χ4n) is 2.44. The molecule has 1 amide bonds. The van der Waals surface area contributed by atoms with Gasteiger partial charge < -0.3 is 10.1 Å². The number of carbonyl (C=O) groups excluding carboxylic acids is 1. The summed E-state index contributed by atoms with van der Waals surface area (Å²) >= 11 is 18.0. The molecule has 1 heterocycles. The molecule has 22 heavy (non-hydrogen) atoms. The third-order valence-corrected chi connectivity index (χ3v) is 4.39. The highest BCUT2D eigenvalue weighted by atomic mass is 35.6. The molecule has 0 bridgehead atoms. The van der Waals surface area contributed by atoms with Crippen LogP contribution in [-0.4, -0.2) is 35.1 Å². The van der Waals surface area contributed by atoms with Crippen LogP contribution in [0.4, 0.5) is 0 Å². The van der Waals surface area contributed by atoms with Gasteiger partial charge in [0.15, 0.2) is 0 Å². The van der Waals surface area contributed by atoms with Crippen molar-refractivity contribution in [1.82, 2.24) is 5.32 Å². The first kappa shape index (κ1) is 17.8. The van der Waals surface area contributed by atoms with E-state index in [2.05, 4.69) is 5.32 Å². The van der Waals surface area contributed by atoms with E-state index in [0.717, 1.165) is 25.0 Å². The number of aryl methyl sites for hydroxylation is 1. The number of nitrogens with one attached hydrogen (secondary N) is 1. The topological polar surface area (TPSA) is 54.9 Å². The highest BCUT2D eigenvalue weighted by Crippen LogP contribution is 2.27. The highest BCUT2D eigenvalue weighted by molar-refractivity contribution is 6.68. The lowest BCUT2D eigenvalue weighted by Crippen LogP contribution is -2.97. The van der Waals surface area contributed by atoms with Crippen molar-refractivity contribution >= 4 is 40.7 Å². The van der Waals surface area contributed by atoms with Crippen LogP contribution in [-0.2, 0) is 4.74 Å². The van der Waals surface area contributed by atoms with E-state index in [1.165, 1.54) is 0 Å². The lowest BCUT2D eigenvalue weighted by atomic mass is 10.1. The Bertz CT molecular complexity index is 514. The van der Waals surface area contributed by atoms with E-state index < -0.39 is 9.96 Å². The summed E-state index contributed by atoms with van der Waals surface area (Å²) in [5.74, 6) is -0.252. The monoisotopic (exact) mass is 365 g/mol. The summed E-state index contributed by atoms with van der Waals surface area (Å²) in [4.78, 5) is 12.4. The summed E-state index contributed by atoms with van der Waals surface area (Å²) in [6, 6.07) is 7.31. The molecular formula is C15H20Cl3N2O2+. The molecule has 1 aliphatic rings. The molecule has 0 aliphatic carbocycles. The van der Waals surface area contributed by atoms with Gasteiger partial charge in [-0.05, 0) is 31.4 Å². The smallest absolute Gasteiger partial charge is 0.262 e. The minimum Gasteiger partial charge on any atom is -0.372 e. The molecule has 0 saturated carbocycles. The average molecular weight is 367 g/mol. The molecule has 0 spiro atoms. The van der Waals surface area contributed by atoms with Crippen LogP contribution in [0.1, 0.15) is 28.8 Å². The Morgan fingerprint density at radius 2 is 2.18 bits per heavy atom. The van der Waals surface area contributed by atoms with Gasteiger partial charge >= 0.3 is 0 Å². The predicted molar refractivity (Wildman–Crippen MR) is 88.5 cm³/mol. The molecule has 1 aliphatic heterocycles. The normalized spacial score (nSPS) is 19.9. The number of carbonyl (C=O) groups is 1. The van der Waals surface area contributed by atoms with Crippen molar-refractivity contribution in [3.63, 3.8) is 0 Å². The van der Waals surface area contributed by atoms with E-state index in [1.54, 1.807) is 6.07 Å². The van der Waals surface area contributed by atoms with Gasteiger partial charge in [-0.1, -0.05) is 53.0 Å². The summed E-state index contributed by atoms with van der Waals surface area (Å²) in [5.41, 5.74) is 1.45. The number of benzene rings is 1. The van der Waals surface area contributed by atoms with Crippen LogP contribution in [0.2, 0.25) is 0 Å². The van der Waals surface area contributed by atoms with Crippen molar-refractivity contribution in [3.8, 4) is 0 Å². The van der Waals surface area contributed by atoms with Crippen LogP contribution in [0.15, 0.2) is 24.3 Å². The number of hydrogen-bond donors (Lipinski definition) is 2. The lowest BCUT2D eigenvalue weighted by molar-refractivity contribution is -0.697. The minimum atomic E-state index is -1.60.